The van der Waals surface area contributed by atoms with Crippen molar-refractivity contribution in [3.05, 3.63) is 95.1 Å². The summed E-state index contributed by atoms with van der Waals surface area (Å²) < 4.78 is 19.6. The first kappa shape index (κ1) is 23.8. The monoisotopic (exact) mass is 514 g/mol. The summed E-state index contributed by atoms with van der Waals surface area (Å²) in [5.41, 5.74) is 4.60. The van der Waals surface area contributed by atoms with Crippen LogP contribution in [-0.4, -0.2) is 47.7 Å². The molecule has 1 saturated heterocycles. The number of nitrogens with zero attached hydrogens (tertiary/aromatic N) is 6. The molecule has 0 unspecified atom stereocenters. The Bertz CT molecular complexity index is 1510. The molecule has 37 heavy (non-hydrogen) atoms. The number of carbonyl (C=O) groups is 1. The number of benzene rings is 1. The summed E-state index contributed by atoms with van der Waals surface area (Å²) in [4.78, 5) is 19.8. The quantitative estimate of drug-likeness (QED) is 0.262. The Hall–Kier alpha value is -3.56. The molecule has 0 radical (unpaired) electrons. The molecule has 0 amide bonds. The minimum absolute atomic E-state index is 0.0391. The van der Waals surface area contributed by atoms with E-state index in [0.717, 1.165) is 52.5 Å². The minimum atomic E-state index is -0.740. The van der Waals surface area contributed by atoms with Gasteiger partial charge in [0.05, 0.1) is 34.1 Å². The first-order chi connectivity index (χ1) is 17.9. The molecule has 1 atom stereocenters. The van der Waals surface area contributed by atoms with Gasteiger partial charge in [0.25, 0.3) is 0 Å². The minimum Gasteiger partial charge on any atom is -0.291 e. The largest absolute Gasteiger partial charge is 0.291 e. The van der Waals surface area contributed by atoms with E-state index >= 15 is 0 Å². The third kappa shape index (κ3) is 4.32. The van der Waals surface area contributed by atoms with Crippen LogP contribution in [0.1, 0.15) is 40.7 Å². The summed E-state index contributed by atoms with van der Waals surface area (Å²) in [5.74, 6) is -0.245. The molecule has 1 aliphatic heterocycles. The van der Waals surface area contributed by atoms with Crippen LogP contribution in [-0.2, 0) is 13.0 Å². The van der Waals surface area contributed by atoms with Crippen LogP contribution in [0.4, 0.5) is 4.39 Å². The van der Waals surface area contributed by atoms with Crippen LogP contribution in [0.2, 0.25) is 0 Å². The summed E-state index contributed by atoms with van der Waals surface area (Å²) in [6.45, 7) is 6.23. The van der Waals surface area contributed by atoms with Crippen molar-refractivity contribution in [3.63, 3.8) is 0 Å². The SMILES string of the molecule is CCn1cc(SN2CCC3=Cc4c(cnn4-c4ccc(F)cc4)C[C@]3(C(=O)c3cc(C)ccn3)C2)cn1. The summed E-state index contributed by atoms with van der Waals surface area (Å²) >= 11 is 1.65. The molecule has 4 heterocycles. The van der Waals surface area contributed by atoms with Gasteiger partial charge in [0.2, 0.25) is 0 Å². The smallest absolute Gasteiger partial charge is 0.193 e. The van der Waals surface area contributed by atoms with Crippen LogP contribution >= 0.6 is 11.9 Å². The number of rotatable bonds is 6. The molecule has 1 aromatic carbocycles. The molecule has 4 aromatic rings. The number of Topliss-reactive ketones (excluding diaryl/α,β-unsaturated/α-hetero) is 1. The number of ketones is 1. The summed E-state index contributed by atoms with van der Waals surface area (Å²) in [5, 5.41) is 9.03. The van der Waals surface area contributed by atoms with E-state index in [2.05, 4.69) is 32.5 Å². The van der Waals surface area contributed by atoms with E-state index in [1.54, 1.807) is 30.3 Å². The molecule has 7 nitrogen and oxygen atoms in total. The maximum absolute atomic E-state index is 14.3. The van der Waals surface area contributed by atoms with Crippen molar-refractivity contribution in [1.29, 1.82) is 0 Å². The van der Waals surface area contributed by atoms with Crippen molar-refractivity contribution in [2.45, 2.75) is 38.1 Å². The molecular formula is C28H27FN6OS. The number of hydrogen-bond donors (Lipinski definition) is 0. The van der Waals surface area contributed by atoms with E-state index in [1.807, 2.05) is 47.0 Å². The van der Waals surface area contributed by atoms with E-state index in [0.29, 0.717) is 18.7 Å². The maximum Gasteiger partial charge on any atom is 0.193 e. The summed E-state index contributed by atoms with van der Waals surface area (Å²) in [6, 6.07) is 10.1. The maximum atomic E-state index is 14.3. The van der Waals surface area contributed by atoms with Gasteiger partial charge in [-0.25, -0.2) is 13.4 Å². The zero-order valence-corrected chi connectivity index (χ0v) is 21.6. The highest BCUT2D eigenvalue weighted by atomic mass is 32.2. The summed E-state index contributed by atoms with van der Waals surface area (Å²) in [6.07, 6.45) is 10.9. The normalized spacial score (nSPS) is 19.3. The Morgan fingerprint density at radius 3 is 2.76 bits per heavy atom. The van der Waals surface area contributed by atoms with Crippen molar-refractivity contribution in [2.75, 3.05) is 13.1 Å². The van der Waals surface area contributed by atoms with Gasteiger partial charge in [-0.3, -0.25) is 14.5 Å². The molecule has 1 aliphatic carbocycles. The highest BCUT2D eigenvalue weighted by Crippen LogP contribution is 2.48. The van der Waals surface area contributed by atoms with Crippen molar-refractivity contribution >= 4 is 23.8 Å². The highest BCUT2D eigenvalue weighted by Gasteiger charge is 2.49. The van der Waals surface area contributed by atoms with Crippen molar-refractivity contribution in [1.82, 2.24) is 28.9 Å². The van der Waals surface area contributed by atoms with Gasteiger partial charge in [-0.1, -0.05) is 5.57 Å². The van der Waals surface area contributed by atoms with Gasteiger partial charge in [-0.2, -0.15) is 10.2 Å². The lowest BCUT2D eigenvalue weighted by atomic mass is 9.65. The van der Waals surface area contributed by atoms with Gasteiger partial charge in [-0.15, -0.1) is 0 Å². The number of hydrogen-bond acceptors (Lipinski definition) is 6. The van der Waals surface area contributed by atoms with Gasteiger partial charge in [0, 0.05) is 32.0 Å². The Balaban J connectivity index is 1.39. The van der Waals surface area contributed by atoms with Crippen LogP contribution < -0.4 is 0 Å². The zero-order chi connectivity index (χ0) is 25.6. The standard InChI is InChI=1S/C28H27FN6OS/c1-3-33-17-24(16-31-33)37-34-11-9-21-13-26-20(15-32-35(26)23-6-4-22(29)5-7-23)14-28(21,18-34)27(36)25-12-19(2)8-10-30-25/h4-8,10,12-13,15-17H,3,9,11,14,18H2,1-2H3/t28-/m0/s1. The topological polar surface area (TPSA) is 68.8 Å². The van der Waals surface area contributed by atoms with E-state index < -0.39 is 5.41 Å². The van der Waals surface area contributed by atoms with Gasteiger partial charge in [0.15, 0.2) is 5.78 Å². The Kier molecular flexibility index (Phi) is 6.04. The molecule has 0 spiro atoms. The van der Waals surface area contributed by atoms with Crippen molar-refractivity contribution in [3.8, 4) is 5.69 Å². The van der Waals surface area contributed by atoms with Gasteiger partial charge < -0.3 is 0 Å². The molecule has 1 fully saturated rings. The van der Waals surface area contributed by atoms with E-state index in [9.17, 15) is 9.18 Å². The van der Waals surface area contributed by atoms with Gasteiger partial charge in [-0.05, 0) is 92.2 Å². The van der Waals surface area contributed by atoms with Crippen molar-refractivity contribution < 1.29 is 9.18 Å². The predicted molar refractivity (Wildman–Crippen MR) is 141 cm³/mol. The third-order valence-electron chi connectivity index (χ3n) is 7.20. The average molecular weight is 515 g/mol. The third-order valence-corrected chi connectivity index (χ3v) is 8.19. The molecule has 0 N–H and O–H groups in total. The van der Waals surface area contributed by atoms with E-state index in [-0.39, 0.29) is 11.6 Å². The molecule has 0 bridgehead atoms. The molecular weight excluding hydrogens is 487 g/mol. The Morgan fingerprint density at radius 1 is 1.16 bits per heavy atom. The molecule has 2 aliphatic rings. The van der Waals surface area contributed by atoms with Crippen molar-refractivity contribution in [2.24, 2.45) is 5.41 Å². The average Bonchev–Trinajstić information content (AvgIpc) is 3.53. The first-order valence-corrected chi connectivity index (χ1v) is 13.2. The van der Waals surface area contributed by atoms with Gasteiger partial charge in [0.1, 0.15) is 11.5 Å². The molecule has 9 heteroatoms. The second kappa shape index (κ2) is 9.39. The first-order valence-electron chi connectivity index (χ1n) is 12.4. The number of aromatic nitrogens is 5. The fraction of sp³-hybridized carbons (Fsp3) is 0.286. The number of piperidine rings is 1. The van der Waals surface area contributed by atoms with E-state index in [1.165, 1.54) is 12.1 Å². The Morgan fingerprint density at radius 2 is 2.00 bits per heavy atom. The lowest BCUT2D eigenvalue weighted by molar-refractivity contribution is 0.0775. The molecule has 3 aromatic heterocycles. The number of pyridine rings is 1. The number of halogens is 1. The fourth-order valence-corrected chi connectivity index (χ4v) is 6.33. The van der Waals surface area contributed by atoms with Crippen LogP contribution in [0.15, 0.2) is 71.7 Å². The second-order valence-electron chi connectivity index (χ2n) is 9.66. The Labute approximate surface area is 219 Å². The second-order valence-corrected chi connectivity index (χ2v) is 10.8. The number of carbonyl (C=O) groups excluding carboxylic acids is 1. The zero-order valence-electron chi connectivity index (χ0n) is 20.8. The fourth-order valence-electron chi connectivity index (χ4n) is 5.30. The van der Waals surface area contributed by atoms with Crippen LogP contribution in [0.5, 0.6) is 0 Å². The highest BCUT2D eigenvalue weighted by molar-refractivity contribution is 7.97. The van der Waals surface area contributed by atoms with Crippen LogP contribution in [0, 0.1) is 18.2 Å². The molecule has 6 rings (SSSR count). The number of aryl methyl sites for hydroxylation is 2. The number of fused-ring (bicyclic) bond motifs is 2. The summed E-state index contributed by atoms with van der Waals surface area (Å²) in [7, 11) is 0. The predicted octanol–water partition coefficient (Wildman–Crippen LogP) is 5.15. The van der Waals surface area contributed by atoms with E-state index in [4.69, 9.17) is 0 Å². The van der Waals surface area contributed by atoms with Crippen LogP contribution in [0.3, 0.4) is 0 Å². The van der Waals surface area contributed by atoms with Gasteiger partial charge >= 0.3 is 0 Å². The lowest BCUT2D eigenvalue weighted by Crippen LogP contribution is -2.49. The molecule has 188 valence electrons. The molecule has 0 saturated carbocycles. The van der Waals surface area contributed by atoms with Crippen LogP contribution in [0.25, 0.3) is 11.8 Å². The lowest BCUT2D eigenvalue weighted by Gasteiger charge is -2.44.